The minimum Gasteiger partial charge on any atom is -0.507 e. The van der Waals surface area contributed by atoms with E-state index in [9.17, 15) is 41.9 Å². The van der Waals surface area contributed by atoms with Crippen molar-refractivity contribution in [2.45, 2.75) is 49.4 Å². The zero-order valence-electron chi connectivity index (χ0n) is 28.3. The number of fused-ring (bicyclic) bond motifs is 1. The van der Waals surface area contributed by atoms with Crippen LogP contribution in [0.5, 0.6) is 0 Å². The standard InChI is InChI=1S/C37H35FN4O10S/c1-39-34(46)32-27-15-26(21-5-6-21)24(14-30(27)52-33(32)22-7-9-25(38)10-8-22)19-53(50,51)41-18-31(45)42-37(11-12-37)36(49)40-17-20-3-2-4-23(13-20)28(43)16-29(44)35(47)48/h2-4,7-10,13-16,21,41,43H,5-6,11-12,17-19H2,1H3,(H,39,46)(H,40,49)(H,42,45)(H,47,48)/b28-16-. The lowest BCUT2D eigenvalue weighted by Crippen LogP contribution is -2.51. The van der Waals surface area contributed by atoms with Crippen LogP contribution < -0.4 is 20.7 Å². The third-order valence-corrected chi connectivity index (χ3v) is 10.3. The molecule has 276 valence electrons. The highest BCUT2D eigenvalue weighted by molar-refractivity contribution is 7.88. The maximum absolute atomic E-state index is 13.6. The van der Waals surface area contributed by atoms with Gasteiger partial charge in [-0.15, -0.1) is 0 Å². The van der Waals surface area contributed by atoms with Gasteiger partial charge in [-0.3, -0.25) is 19.2 Å². The summed E-state index contributed by atoms with van der Waals surface area (Å²) in [6.07, 6.45) is 2.88. The maximum atomic E-state index is 13.6. The average Bonchev–Trinajstić information content (AvgIpc) is 4.07. The number of carbonyl (C=O) groups excluding carboxylic acids is 4. The lowest BCUT2D eigenvalue weighted by atomic mass is 9.98. The summed E-state index contributed by atoms with van der Waals surface area (Å²) in [6.45, 7) is -0.645. The predicted molar refractivity (Wildman–Crippen MR) is 189 cm³/mol. The number of carboxylic acid groups (broad SMARTS) is 1. The molecular weight excluding hydrogens is 711 g/mol. The fourth-order valence-electron chi connectivity index (χ4n) is 5.99. The van der Waals surface area contributed by atoms with Gasteiger partial charge in [0.15, 0.2) is 0 Å². The number of rotatable bonds is 15. The summed E-state index contributed by atoms with van der Waals surface area (Å²) in [6, 6.07) is 14.9. The minimum absolute atomic E-state index is 0.0174. The monoisotopic (exact) mass is 746 g/mol. The van der Waals surface area contributed by atoms with Crippen LogP contribution in [0.15, 0.2) is 71.2 Å². The number of aliphatic hydroxyl groups excluding tert-OH is 1. The van der Waals surface area contributed by atoms with Crippen LogP contribution in [0, 0.1) is 5.82 Å². The van der Waals surface area contributed by atoms with Gasteiger partial charge in [0.05, 0.1) is 17.9 Å². The van der Waals surface area contributed by atoms with E-state index in [4.69, 9.17) is 9.52 Å². The summed E-state index contributed by atoms with van der Waals surface area (Å²) in [5.41, 5.74) is 1.60. The van der Waals surface area contributed by atoms with Crippen LogP contribution in [0.2, 0.25) is 0 Å². The zero-order chi connectivity index (χ0) is 38.1. The van der Waals surface area contributed by atoms with Crippen molar-refractivity contribution < 1.29 is 51.4 Å². The summed E-state index contributed by atoms with van der Waals surface area (Å²) < 4.78 is 48.6. The Balaban J connectivity index is 1.10. The number of benzene rings is 3. The van der Waals surface area contributed by atoms with Gasteiger partial charge < -0.3 is 30.6 Å². The molecule has 2 aliphatic carbocycles. The van der Waals surface area contributed by atoms with Gasteiger partial charge in [-0.25, -0.2) is 22.3 Å². The second kappa shape index (κ2) is 14.6. The molecule has 53 heavy (non-hydrogen) atoms. The lowest BCUT2D eigenvalue weighted by Gasteiger charge is -2.18. The molecular formula is C37H35FN4O10S. The number of carboxylic acids is 1. The number of furan rings is 1. The Bertz CT molecular complexity index is 2290. The fraction of sp³-hybridized carbons (Fsp3) is 0.270. The largest absolute Gasteiger partial charge is 0.507 e. The number of carbonyl (C=O) groups is 5. The second-order valence-corrected chi connectivity index (χ2v) is 14.8. The highest BCUT2D eigenvalue weighted by Crippen LogP contribution is 2.45. The average molecular weight is 747 g/mol. The van der Waals surface area contributed by atoms with Gasteiger partial charge >= 0.3 is 5.97 Å². The fourth-order valence-corrected chi connectivity index (χ4v) is 7.11. The van der Waals surface area contributed by atoms with Crippen LogP contribution in [0.3, 0.4) is 0 Å². The van der Waals surface area contributed by atoms with Crippen LogP contribution in [0.1, 0.15) is 64.2 Å². The van der Waals surface area contributed by atoms with Gasteiger partial charge in [-0.05, 0) is 90.8 Å². The molecule has 0 radical (unpaired) electrons. The van der Waals surface area contributed by atoms with E-state index in [1.54, 1.807) is 24.3 Å². The number of nitrogens with one attached hydrogen (secondary N) is 4. The van der Waals surface area contributed by atoms with Gasteiger partial charge in [0.2, 0.25) is 21.8 Å². The van der Waals surface area contributed by atoms with Crippen molar-refractivity contribution >= 4 is 56.2 Å². The molecule has 2 saturated carbocycles. The van der Waals surface area contributed by atoms with Gasteiger partial charge in [-0.2, -0.15) is 0 Å². The first-order chi connectivity index (χ1) is 25.2. The van der Waals surface area contributed by atoms with E-state index in [-0.39, 0.29) is 34.9 Å². The van der Waals surface area contributed by atoms with E-state index >= 15 is 0 Å². The van der Waals surface area contributed by atoms with Crippen molar-refractivity contribution in [3.05, 3.63) is 100 Å². The molecule has 1 aromatic heterocycles. The highest BCUT2D eigenvalue weighted by Gasteiger charge is 2.51. The smallest absolute Gasteiger partial charge is 0.376 e. The Morgan fingerprint density at radius 1 is 1.00 bits per heavy atom. The van der Waals surface area contributed by atoms with Crippen LogP contribution >= 0.6 is 0 Å². The lowest BCUT2D eigenvalue weighted by molar-refractivity contribution is -0.146. The van der Waals surface area contributed by atoms with Gasteiger partial charge in [0.1, 0.15) is 28.5 Å². The van der Waals surface area contributed by atoms with Crippen molar-refractivity contribution in [2.75, 3.05) is 13.6 Å². The number of halogens is 1. The van der Waals surface area contributed by atoms with Gasteiger partial charge in [0.25, 0.3) is 11.7 Å². The molecule has 3 aromatic carbocycles. The summed E-state index contributed by atoms with van der Waals surface area (Å²) in [7, 11) is -2.61. The molecule has 2 aliphatic rings. The first-order valence-electron chi connectivity index (χ1n) is 16.6. The molecule has 0 saturated heterocycles. The number of hydrogen-bond acceptors (Lipinski definition) is 9. The summed E-state index contributed by atoms with van der Waals surface area (Å²) in [5.74, 6) is -5.88. The van der Waals surface area contributed by atoms with E-state index in [1.165, 1.54) is 43.4 Å². The zero-order valence-corrected chi connectivity index (χ0v) is 29.1. The molecule has 4 aromatic rings. The van der Waals surface area contributed by atoms with Crippen molar-refractivity contribution in [3.63, 3.8) is 0 Å². The van der Waals surface area contributed by atoms with E-state index in [0.717, 1.165) is 18.4 Å². The Labute approximate surface area is 302 Å². The number of aliphatic hydroxyl groups is 1. The van der Waals surface area contributed by atoms with Crippen molar-refractivity contribution in [1.29, 1.82) is 0 Å². The SMILES string of the molecule is CNC(=O)c1c(-c2ccc(F)cc2)oc2cc(CS(=O)(=O)NCC(=O)NC3(C(=O)NCc4cccc(/C(O)=C/C(=O)C(=O)O)c4)CC3)c(C3CC3)cc12. The van der Waals surface area contributed by atoms with Crippen LogP contribution in [-0.2, 0) is 41.5 Å². The van der Waals surface area contributed by atoms with Crippen molar-refractivity contribution in [3.8, 4) is 11.3 Å². The number of amides is 3. The quantitative estimate of drug-likeness (QED) is 0.0591. The second-order valence-electron chi connectivity index (χ2n) is 13.0. The molecule has 0 aliphatic heterocycles. The minimum atomic E-state index is -4.09. The number of hydrogen-bond donors (Lipinski definition) is 6. The Morgan fingerprint density at radius 3 is 2.36 bits per heavy atom. The molecule has 0 atom stereocenters. The summed E-state index contributed by atoms with van der Waals surface area (Å²) >= 11 is 0. The van der Waals surface area contributed by atoms with Crippen molar-refractivity contribution in [1.82, 2.24) is 20.7 Å². The molecule has 0 unspecified atom stereocenters. The molecule has 2 fully saturated rings. The topological polar surface area (TPSA) is 221 Å². The third kappa shape index (κ3) is 8.45. The van der Waals surface area contributed by atoms with Crippen LogP contribution in [-0.4, -0.2) is 67.2 Å². The first-order valence-corrected chi connectivity index (χ1v) is 18.2. The molecule has 14 nitrogen and oxygen atoms in total. The van der Waals surface area contributed by atoms with E-state index in [1.807, 2.05) is 0 Å². The van der Waals surface area contributed by atoms with Gasteiger partial charge in [-0.1, -0.05) is 18.2 Å². The van der Waals surface area contributed by atoms with Crippen LogP contribution in [0.4, 0.5) is 4.39 Å². The first kappa shape index (κ1) is 36.9. The molecule has 6 rings (SSSR count). The Hall–Kier alpha value is -5.87. The predicted octanol–water partition coefficient (Wildman–Crippen LogP) is 3.41. The highest BCUT2D eigenvalue weighted by atomic mass is 32.2. The normalized spacial score (nSPS) is 15.1. The number of sulfonamides is 1. The Kier molecular flexibility index (Phi) is 10.2. The number of ketones is 1. The molecule has 0 spiro atoms. The van der Waals surface area contributed by atoms with Gasteiger partial charge in [0, 0.05) is 36.2 Å². The van der Waals surface area contributed by atoms with Crippen molar-refractivity contribution in [2.24, 2.45) is 0 Å². The number of aliphatic carboxylic acids is 1. The Morgan fingerprint density at radius 2 is 1.72 bits per heavy atom. The maximum Gasteiger partial charge on any atom is 0.376 e. The summed E-state index contributed by atoms with van der Waals surface area (Å²) in [4.78, 5) is 61.1. The van der Waals surface area contributed by atoms with E-state index in [0.29, 0.717) is 41.0 Å². The molecule has 16 heteroatoms. The molecule has 0 bridgehead atoms. The third-order valence-electron chi connectivity index (χ3n) is 9.04. The molecule has 1 heterocycles. The van der Waals surface area contributed by atoms with E-state index < -0.39 is 68.9 Å². The molecule has 6 N–H and O–H groups in total. The van der Waals surface area contributed by atoms with Crippen LogP contribution in [0.25, 0.3) is 28.1 Å². The summed E-state index contributed by atoms with van der Waals surface area (Å²) in [5, 5.41) is 27.3. The molecule has 3 amide bonds. The van der Waals surface area contributed by atoms with E-state index in [2.05, 4.69) is 20.7 Å².